The highest BCUT2D eigenvalue weighted by atomic mass is 32.2. The Morgan fingerprint density at radius 2 is 1.80 bits per heavy atom. The van der Waals surface area contributed by atoms with E-state index in [1.807, 2.05) is 24.3 Å². The molecule has 0 saturated carbocycles. The zero-order chi connectivity index (χ0) is 24.4. The number of amides is 2. The fraction of sp³-hybridized carbons (Fsp3) is 0.423. The van der Waals surface area contributed by atoms with Crippen LogP contribution in [0.1, 0.15) is 29.9 Å². The van der Waals surface area contributed by atoms with Crippen LogP contribution in [0, 0.1) is 5.41 Å². The van der Waals surface area contributed by atoms with Gasteiger partial charge in [0.05, 0.1) is 17.9 Å². The highest BCUT2D eigenvalue weighted by Crippen LogP contribution is 2.44. The molecule has 184 valence electrons. The molecule has 3 aliphatic rings. The van der Waals surface area contributed by atoms with E-state index in [4.69, 9.17) is 9.47 Å². The molecule has 2 amide bonds. The van der Waals surface area contributed by atoms with Crippen molar-refractivity contribution >= 4 is 29.7 Å². The van der Waals surface area contributed by atoms with E-state index < -0.39 is 23.5 Å². The van der Waals surface area contributed by atoms with Crippen LogP contribution in [0.4, 0.5) is 4.79 Å². The van der Waals surface area contributed by atoms with E-state index in [1.54, 1.807) is 0 Å². The summed E-state index contributed by atoms with van der Waals surface area (Å²) in [6.07, 6.45) is 0.579. The fourth-order valence-corrected chi connectivity index (χ4v) is 6.42. The molecule has 2 unspecified atom stereocenters. The number of ether oxygens (including phenoxy) is 2. The van der Waals surface area contributed by atoms with Gasteiger partial charge in [0.25, 0.3) is 0 Å². The summed E-state index contributed by atoms with van der Waals surface area (Å²) in [5, 5.41) is 12.3. The highest BCUT2D eigenvalue weighted by Gasteiger charge is 2.47. The van der Waals surface area contributed by atoms with Crippen LogP contribution in [0.15, 0.2) is 48.5 Å². The molecule has 2 heterocycles. The first-order valence-corrected chi connectivity index (χ1v) is 12.9. The number of rotatable bonds is 6. The molecule has 1 aliphatic carbocycles. The summed E-state index contributed by atoms with van der Waals surface area (Å²) in [5.41, 5.74) is 3.55. The number of carboxylic acids is 1. The SMILES string of the molecule is O=C(NCC1(C(=O)N2CSCC2C(=O)O)CCCOC1)OCC1c2ccccc2-c2ccccc21. The quantitative estimate of drug-likeness (QED) is 0.632. The maximum Gasteiger partial charge on any atom is 0.407 e. The van der Waals surface area contributed by atoms with Crippen LogP contribution in [-0.2, 0) is 19.1 Å². The molecule has 0 bridgehead atoms. The Kier molecular flexibility index (Phi) is 6.71. The Labute approximate surface area is 208 Å². The van der Waals surface area contributed by atoms with E-state index in [0.717, 1.165) is 22.3 Å². The Hall–Kier alpha value is -3.04. The van der Waals surface area contributed by atoms with E-state index in [9.17, 15) is 19.5 Å². The lowest BCUT2D eigenvalue weighted by Crippen LogP contribution is -2.56. The van der Waals surface area contributed by atoms with Crippen molar-refractivity contribution in [2.45, 2.75) is 24.8 Å². The summed E-state index contributed by atoms with van der Waals surface area (Å²) in [5.74, 6) is -0.673. The van der Waals surface area contributed by atoms with Gasteiger partial charge in [0.2, 0.25) is 5.91 Å². The number of nitrogens with one attached hydrogen (secondary N) is 1. The van der Waals surface area contributed by atoms with E-state index in [1.165, 1.54) is 16.7 Å². The number of hydrogen-bond acceptors (Lipinski definition) is 6. The number of thioether (sulfide) groups is 1. The molecule has 5 rings (SSSR count). The van der Waals surface area contributed by atoms with Gasteiger partial charge in [0.15, 0.2) is 0 Å². The third-order valence-corrected chi connectivity index (χ3v) is 8.13. The molecule has 0 radical (unpaired) electrons. The van der Waals surface area contributed by atoms with E-state index in [2.05, 4.69) is 29.6 Å². The van der Waals surface area contributed by atoms with Crippen LogP contribution >= 0.6 is 11.8 Å². The predicted molar refractivity (Wildman–Crippen MR) is 131 cm³/mol. The molecular formula is C26H28N2O6S. The van der Waals surface area contributed by atoms with Crippen LogP contribution in [0.25, 0.3) is 11.1 Å². The second-order valence-corrected chi connectivity index (χ2v) is 10.2. The van der Waals surface area contributed by atoms with Gasteiger partial charge in [-0.05, 0) is 35.1 Å². The molecule has 0 spiro atoms. The largest absolute Gasteiger partial charge is 0.480 e. The van der Waals surface area contributed by atoms with Crippen molar-refractivity contribution in [1.29, 1.82) is 0 Å². The van der Waals surface area contributed by atoms with E-state index in [0.29, 0.717) is 31.1 Å². The van der Waals surface area contributed by atoms with Crippen molar-refractivity contribution < 1.29 is 29.0 Å². The molecule has 2 atom stereocenters. The van der Waals surface area contributed by atoms with Gasteiger partial charge < -0.3 is 24.8 Å². The fourth-order valence-electron chi connectivity index (χ4n) is 5.28. The molecular weight excluding hydrogens is 468 g/mol. The molecule has 2 aromatic rings. The lowest BCUT2D eigenvalue weighted by atomic mass is 9.80. The zero-order valence-electron chi connectivity index (χ0n) is 19.3. The Morgan fingerprint density at radius 3 is 2.43 bits per heavy atom. The maximum atomic E-state index is 13.5. The lowest BCUT2D eigenvalue weighted by Gasteiger charge is -2.39. The number of carboxylic acid groups (broad SMARTS) is 1. The smallest absolute Gasteiger partial charge is 0.407 e. The van der Waals surface area contributed by atoms with Gasteiger partial charge in [-0.1, -0.05) is 48.5 Å². The van der Waals surface area contributed by atoms with E-state index in [-0.39, 0.29) is 31.6 Å². The van der Waals surface area contributed by atoms with Gasteiger partial charge in [0.1, 0.15) is 12.6 Å². The third kappa shape index (κ3) is 4.50. The lowest BCUT2D eigenvalue weighted by molar-refractivity contribution is -0.157. The number of carbonyl (C=O) groups excluding carboxylic acids is 2. The van der Waals surface area contributed by atoms with Gasteiger partial charge in [-0.3, -0.25) is 4.79 Å². The van der Waals surface area contributed by atoms with Gasteiger partial charge in [-0.25, -0.2) is 9.59 Å². The minimum Gasteiger partial charge on any atom is -0.480 e. The first kappa shape index (κ1) is 23.7. The summed E-state index contributed by atoms with van der Waals surface area (Å²) in [4.78, 5) is 39.2. The number of benzene rings is 2. The number of hydrogen-bond donors (Lipinski definition) is 2. The molecule has 35 heavy (non-hydrogen) atoms. The van der Waals surface area contributed by atoms with Crippen molar-refractivity contribution in [3.8, 4) is 11.1 Å². The summed E-state index contributed by atoms with van der Waals surface area (Å²) in [6.45, 7) is 0.900. The van der Waals surface area contributed by atoms with Crippen molar-refractivity contribution in [3.05, 3.63) is 59.7 Å². The molecule has 2 N–H and O–H groups in total. The molecule has 9 heteroatoms. The van der Waals surface area contributed by atoms with Gasteiger partial charge in [-0.2, -0.15) is 0 Å². The normalized spacial score (nSPS) is 23.4. The van der Waals surface area contributed by atoms with Crippen LogP contribution in [0.5, 0.6) is 0 Å². The Balaban J connectivity index is 1.25. The number of alkyl carbamates (subject to hydrolysis) is 1. The molecule has 2 aromatic carbocycles. The Bertz CT molecular complexity index is 1090. The number of fused-ring (bicyclic) bond motifs is 3. The second-order valence-electron chi connectivity index (χ2n) is 9.24. The standard InChI is InChI=1S/C26H28N2O6S/c29-23(30)22-13-35-16-28(22)24(31)26(10-5-11-33-15-26)14-27-25(32)34-12-21-19-8-3-1-6-17(19)18-7-2-4-9-20(18)21/h1-4,6-9,21-22H,5,10-16H2,(H,27,32)(H,29,30). The van der Waals surface area contributed by atoms with Gasteiger partial charge >= 0.3 is 12.1 Å². The molecule has 0 aromatic heterocycles. The number of nitrogens with zero attached hydrogens (tertiary/aromatic N) is 1. The summed E-state index contributed by atoms with van der Waals surface area (Å²) in [6, 6.07) is 15.4. The van der Waals surface area contributed by atoms with Crippen LogP contribution in [-0.4, -0.2) is 72.0 Å². The first-order valence-electron chi connectivity index (χ1n) is 11.8. The van der Waals surface area contributed by atoms with Crippen molar-refractivity contribution in [2.75, 3.05) is 38.0 Å². The predicted octanol–water partition coefficient (Wildman–Crippen LogP) is 3.31. The van der Waals surface area contributed by atoms with E-state index >= 15 is 0 Å². The third-order valence-electron chi connectivity index (χ3n) is 7.12. The maximum absolute atomic E-state index is 13.5. The topological polar surface area (TPSA) is 105 Å². The molecule has 8 nitrogen and oxygen atoms in total. The summed E-state index contributed by atoms with van der Waals surface area (Å²) < 4.78 is 11.2. The van der Waals surface area contributed by atoms with Crippen LogP contribution in [0.3, 0.4) is 0 Å². The van der Waals surface area contributed by atoms with Crippen molar-refractivity contribution in [3.63, 3.8) is 0 Å². The number of carbonyl (C=O) groups is 3. The van der Waals surface area contributed by atoms with Crippen LogP contribution < -0.4 is 5.32 Å². The minimum atomic E-state index is -1.01. The van der Waals surface area contributed by atoms with Crippen molar-refractivity contribution in [1.82, 2.24) is 10.2 Å². The summed E-state index contributed by atoms with van der Waals surface area (Å²) in [7, 11) is 0. The average Bonchev–Trinajstić information content (AvgIpc) is 3.50. The van der Waals surface area contributed by atoms with Crippen molar-refractivity contribution in [2.24, 2.45) is 5.41 Å². The first-order chi connectivity index (χ1) is 17.0. The second kappa shape index (κ2) is 9.91. The van der Waals surface area contributed by atoms with Gasteiger partial charge in [-0.15, -0.1) is 11.8 Å². The number of aliphatic carboxylic acids is 1. The average molecular weight is 497 g/mol. The molecule has 2 aliphatic heterocycles. The molecule has 2 fully saturated rings. The molecule has 2 saturated heterocycles. The minimum absolute atomic E-state index is 0.0377. The van der Waals surface area contributed by atoms with Crippen LogP contribution in [0.2, 0.25) is 0 Å². The zero-order valence-corrected chi connectivity index (χ0v) is 20.1. The summed E-state index contributed by atoms with van der Waals surface area (Å²) >= 11 is 1.42. The monoisotopic (exact) mass is 496 g/mol. The van der Waals surface area contributed by atoms with Gasteiger partial charge in [0, 0.05) is 24.8 Å². The Morgan fingerprint density at radius 1 is 1.11 bits per heavy atom. The highest BCUT2D eigenvalue weighted by molar-refractivity contribution is 7.99.